The minimum absolute atomic E-state index is 0.0352. The van der Waals surface area contributed by atoms with Gasteiger partial charge in [0, 0.05) is 12.7 Å². The maximum absolute atomic E-state index is 12.8. The summed E-state index contributed by atoms with van der Waals surface area (Å²) in [6.07, 6.45) is 15.7. The first-order chi connectivity index (χ1) is 17.3. The number of alkyl halides is 3. The maximum atomic E-state index is 12.8. The summed E-state index contributed by atoms with van der Waals surface area (Å²) in [7, 11) is 0. The van der Waals surface area contributed by atoms with Crippen molar-refractivity contribution in [3.63, 3.8) is 0 Å². The van der Waals surface area contributed by atoms with Crippen molar-refractivity contribution in [1.82, 2.24) is 15.0 Å². The Morgan fingerprint density at radius 1 is 0.778 bits per heavy atom. The molecule has 4 N–H and O–H groups in total. The van der Waals surface area contributed by atoms with Crippen LogP contribution in [0.2, 0.25) is 5.02 Å². The van der Waals surface area contributed by atoms with E-state index in [9.17, 15) is 13.2 Å². The van der Waals surface area contributed by atoms with Gasteiger partial charge in [0.05, 0.1) is 10.6 Å². The van der Waals surface area contributed by atoms with Crippen LogP contribution in [0.3, 0.4) is 0 Å². The molecule has 2 aromatic rings. The van der Waals surface area contributed by atoms with E-state index in [2.05, 4.69) is 32.5 Å². The molecule has 0 saturated carbocycles. The van der Waals surface area contributed by atoms with E-state index in [1.165, 1.54) is 83.4 Å². The van der Waals surface area contributed by atoms with Gasteiger partial charge in [0.1, 0.15) is 17.8 Å². The van der Waals surface area contributed by atoms with Crippen molar-refractivity contribution < 1.29 is 13.2 Å². The Morgan fingerprint density at radius 2 is 1.31 bits per heavy atom. The number of nitrogens with one attached hydrogen (secondary N) is 2. The third kappa shape index (κ3) is 11.2. The fraction of sp³-hybridized carbons (Fsp3) is 0.654. The van der Waals surface area contributed by atoms with E-state index in [0.29, 0.717) is 12.0 Å². The number of hydrogen-bond donors (Lipinski definition) is 3. The van der Waals surface area contributed by atoms with E-state index in [0.717, 1.165) is 25.5 Å². The third-order valence-corrected chi connectivity index (χ3v) is 6.40. The average Bonchev–Trinajstić information content (AvgIpc) is 2.84. The second-order valence-corrected chi connectivity index (χ2v) is 9.59. The zero-order chi connectivity index (χ0) is 26.2. The van der Waals surface area contributed by atoms with Crippen molar-refractivity contribution in [2.24, 2.45) is 0 Å². The molecule has 0 aliphatic heterocycles. The number of aromatic nitrogens is 3. The van der Waals surface area contributed by atoms with Gasteiger partial charge in [-0.1, -0.05) is 102 Å². The molecule has 2 rings (SSSR count). The molecule has 0 saturated heterocycles. The van der Waals surface area contributed by atoms with Gasteiger partial charge in [-0.25, -0.2) is 15.0 Å². The van der Waals surface area contributed by atoms with Crippen LogP contribution in [0, 0.1) is 0 Å². The number of nitrogens with zero attached hydrogens (tertiary/aromatic N) is 3. The van der Waals surface area contributed by atoms with Crippen LogP contribution in [0.15, 0.2) is 18.6 Å². The molecule has 0 spiro atoms. The van der Waals surface area contributed by atoms with E-state index < -0.39 is 11.7 Å². The first-order valence-corrected chi connectivity index (χ1v) is 13.5. The molecule has 36 heavy (non-hydrogen) atoms. The van der Waals surface area contributed by atoms with Gasteiger partial charge in [0.25, 0.3) is 0 Å². The molecule has 0 unspecified atom stereocenters. The summed E-state index contributed by atoms with van der Waals surface area (Å²) in [5.41, 5.74) is 5.46. The second-order valence-electron chi connectivity index (χ2n) is 9.18. The molecule has 0 amide bonds. The molecule has 10 heteroatoms. The van der Waals surface area contributed by atoms with Gasteiger partial charge in [-0.15, -0.1) is 0 Å². The van der Waals surface area contributed by atoms with Crippen LogP contribution in [-0.4, -0.2) is 21.5 Å². The van der Waals surface area contributed by atoms with E-state index in [1.54, 1.807) is 0 Å². The molecular formula is C26H40ClF3N6. The Bertz CT molecular complexity index is 894. The Balaban J connectivity index is 1.62. The maximum Gasteiger partial charge on any atom is 0.417 e. The van der Waals surface area contributed by atoms with Crippen LogP contribution >= 0.6 is 11.6 Å². The van der Waals surface area contributed by atoms with Crippen molar-refractivity contribution in [2.45, 2.75) is 103 Å². The van der Waals surface area contributed by atoms with Crippen molar-refractivity contribution >= 4 is 34.7 Å². The summed E-state index contributed by atoms with van der Waals surface area (Å²) in [6, 6.07) is 0.809. The zero-order valence-corrected chi connectivity index (χ0v) is 22.0. The van der Waals surface area contributed by atoms with Crippen molar-refractivity contribution in [1.29, 1.82) is 0 Å². The lowest BCUT2D eigenvalue weighted by atomic mass is 10.0. The number of halogens is 4. The highest BCUT2D eigenvalue weighted by molar-refractivity contribution is 6.33. The lowest BCUT2D eigenvalue weighted by Gasteiger charge is -2.13. The van der Waals surface area contributed by atoms with Crippen molar-refractivity contribution in [2.75, 3.05) is 22.9 Å². The monoisotopic (exact) mass is 528 g/mol. The molecule has 202 valence electrons. The zero-order valence-electron chi connectivity index (χ0n) is 21.3. The Morgan fingerprint density at radius 3 is 1.83 bits per heavy atom. The highest BCUT2D eigenvalue weighted by atomic mass is 35.5. The molecule has 0 aromatic carbocycles. The summed E-state index contributed by atoms with van der Waals surface area (Å²) < 4.78 is 38.4. The van der Waals surface area contributed by atoms with E-state index >= 15 is 0 Å². The van der Waals surface area contributed by atoms with Gasteiger partial charge in [0.2, 0.25) is 0 Å². The molecule has 0 aliphatic rings. The van der Waals surface area contributed by atoms with Gasteiger partial charge in [-0.2, -0.15) is 13.2 Å². The number of unbranched alkanes of at least 4 members (excludes halogenated alkanes) is 13. The SMILES string of the molecule is CCCCCCCCCCCCCCCCNc1ncnc(Nc2ncc(C(F)(F)F)cc2Cl)c1N. The fourth-order valence-corrected chi connectivity index (χ4v) is 4.17. The van der Waals surface area contributed by atoms with Crippen molar-refractivity contribution in [3.8, 4) is 0 Å². The quantitative estimate of drug-likeness (QED) is 0.167. The Kier molecular flexibility index (Phi) is 13.7. The Labute approximate surface area is 218 Å². The largest absolute Gasteiger partial charge is 0.417 e. The third-order valence-electron chi connectivity index (χ3n) is 6.11. The first kappa shape index (κ1) is 29.9. The van der Waals surface area contributed by atoms with Crippen molar-refractivity contribution in [3.05, 3.63) is 29.2 Å². The van der Waals surface area contributed by atoms with E-state index in [1.807, 2.05) is 0 Å². The van der Waals surface area contributed by atoms with Gasteiger partial charge < -0.3 is 16.4 Å². The number of hydrogen-bond acceptors (Lipinski definition) is 6. The van der Waals surface area contributed by atoms with Crippen LogP contribution in [0.1, 0.15) is 102 Å². The molecule has 0 bridgehead atoms. The molecule has 0 aliphatic carbocycles. The normalized spacial score (nSPS) is 11.6. The molecule has 2 heterocycles. The molecular weight excluding hydrogens is 489 g/mol. The number of anilines is 4. The minimum Gasteiger partial charge on any atom is -0.393 e. The first-order valence-electron chi connectivity index (χ1n) is 13.2. The fourth-order valence-electron chi connectivity index (χ4n) is 3.96. The average molecular weight is 529 g/mol. The van der Waals surface area contributed by atoms with Crippen LogP contribution in [0.4, 0.5) is 36.3 Å². The molecule has 0 radical (unpaired) electrons. The summed E-state index contributed by atoms with van der Waals surface area (Å²) in [6.45, 7) is 2.97. The lowest BCUT2D eigenvalue weighted by molar-refractivity contribution is -0.137. The number of rotatable bonds is 18. The minimum atomic E-state index is -4.52. The number of nitrogen functional groups attached to an aromatic ring is 1. The summed E-state index contributed by atoms with van der Waals surface area (Å²) in [5.74, 6) is 0.723. The summed E-state index contributed by atoms with van der Waals surface area (Å²) in [5, 5.41) is 5.81. The Hall–Kier alpha value is -2.29. The molecule has 0 fully saturated rings. The highest BCUT2D eigenvalue weighted by Gasteiger charge is 2.31. The standard InChI is InChI=1S/C26H40ClF3N6/c1-2-3-4-5-6-7-8-9-10-11-12-13-14-15-16-32-24-22(31)25(35-19-34-24)36-23-21(27)17-20(18-33-23)26(28,29)30/h17-19H,2-16,31H2,1H3,(H2,32,33,34,35,36). The smallest absolute Gasteiger partial charge is 0.393 e. The van der Waals surface area contributed by atoms with E-state index in [-0.39, 0.29) is 22.3 Å². The van der Waals surface area contributed by atoms with Crippen LogP contribution in [0.25, 0.3) is 0 Å². The van der Waals surface area contributed by atoms with Gasteiger partial charge in [0.15, 0.2) is 11.6 Å². The van der Waals surface area contributed by atoms with E-state index in [4.69, 9.17) is 17.3 Å². The number of pyridine rings is 1. The van der Waals surface area contributed by atoms with Gasteiger partial charge in [-0.05, 0) is 12.5 Å². The molecule has 2 aromatic heterocycles. The highest BCUT2D eigenvalue weighted by Crippen LogP contribution is 2.34. The van der Waals surface area contributed by atoms with Gasteiger partial charge >= 0.3 is 6.18 Å². The predicted molar refractivity (Wildman–Crippen MR) is 143 cm³/mol. The number of nitrogens with two attached hydrogens (primary N) is 1. The summed E-state index contributed by atoms with van der Waals surface area (Å²) in [4.78, 5) is 12.0. The summed E-state index contributed by atoms with van der Waals surface area (Å²) >= 11 is 5.96. The lowest BCUT2D eigenvalue weighted by Crippen LogP contribution is -2.10. The predicted octanol–water partition coefficient (Wildman–Crippen LogP) is 8.76. The van der Waals surface area contributed by atoms with Crippen LogP contribution in [-0.2, 0) is 6.18 Å². The van der Waals surface area contributed by atoms with Crippen LogP contribution < -0.4 is 16.4 Å². The molecule has 6 nitrogen and oxygen atoms in total. The molecule has 0 atom stereocenters. The second kappa shape index (κ2) is 16.5. The topological polar surface area (TPSA) is 88.8 Å². The van der Waals surface area contributed by atoms with Gasteiger partial charge in [-0.3, -0.25) is 0 Å². The van der Waals surface area contributed by atoms with Crippen LogP contribution in [0.5, 0.6) is 0 Å².